The summed E-state index contributed by atoms with van der Waals surface area (Å²) in [6, 6.07) is 5.30. The fourth-order valence-electron chi connectivity index (χ4n) is 4.40. The topological polar surface area (TPSA) is 119 Å². The van der Waals surface area contributed by atoms with Crippen LogP contribution in [0.15, 0.2) is 32.0 Å². The molecule has 11 heteroatoms. The number of rotatable bonds is 7. The molecule has 1 atom stereocenters. The normalized spacial score (nSPS) is 19.8. The highest BCUT2D eigenvalue weighted by atomic mass is 32.2. The highest BCUT2D eigenvalue weighted by Gasteiger charge is 2.35. The molecule has 1 amide bonds. The van der Waals surface area contributed by atoms with Crippen LogP contribution in [0.2, 0.25) is 0 Å². The third kappa shape index (κ3) is 4.56. The Kier molecular flexibility index (Phi) is 6.34. The maximum atomic E-state index is 13.5. The van der Waals surface area contributed by atoms with E-state index in [1.54, 1.807) is 13.0 Å². The number of amides is 1. The Hall–Kier alpha value is -2.50. The van der Waals surface area contributed by atoms with Crippen LogP contribution in [0, 0.1) is 19.8 Å². The number of hydrogen-bond donors (Lipinski definition) is 1. The van der Waals surface area contributed by atoms with Crippen molar-refractivity contribution in [2.75, 3.05) is 13.1 Å². The van der Waals surface area contributed by atoms with Crippen molar-refractivity contribution in [3.8, 4) is 10.7 Å². The number of hydrogen-bond acceptors (Lipinski definition) is 8. The lowest BCUT2D eigenvalue weighted by Crippen LogP contribution is -2.45. The molecule has 1 aliphatic carbocycles. The van der Waals surface area contributed by atoms with Crippen molar-refractivity contribution < 1.29 is 22.2 Å². The maximum Gasteiger partial charge on any atom is 0.244 e. The van der Waals surface area contributed by atoms with Gasteiger partial charge in [-0.15, -0.1) is 11.3 Å². The molecule has 0 bridgehead atoms. The van der Waals surface area contributed by atoms with Crippen LogP contribution in [0.25, 0.3) is 10.7 Å². The molecule has 182 valence electrons. The fourth-order valence-corrected chi connectivity index (χ4v) is 7.41. The molecule has 34 heavy (non-hydrogen) atoms. The van der Waals surface area contributed by atoms with Crippen LogP contribution in [0.3, 0.4) is 0 Å². The smallest absolute Gasteiger partial charge is 0.244 e. The average molecular weight is 505 g/mol. The van der Waals surface area contributed by atoms with Crippen LogP contribution in [-0.2, 0) is 21.4 Å². The van der Waals surface area contributed by atoms with Gasteiger partial charge in [0, 0.05) is 23.9 Å². The van der Waals surface area contributed by atoms with Gasteiger partial charge in [0.25, 0.3) is 0 Å². The lowest BCUT2D eigenvalue weighted by atomic mass is 9.85. The average Bonchev–Trinajstić information content (AvgIpc) is 3.51. The summed E-state index contributed by atoms with van der Waals surface area (Å²) in [5.74, 6) is 2.28. The van der Waals surface area contributed by atoms with E-state index in [4.69, 9.17) is 8.94 Å². The van der Waals surface area contributed by atoms with Gasteiger partial charge in [-0.05, 0) is 57.7 Å². The van der Waals surface area contributed by atoms with E-state index in [9.17, 15) is 13.2 Å². The number of aromatic nitrogens is 2. The van der Waals surface area contributed by atoms with Gasteiger partial charge in [0.2, 0.25) is 27.6 Å². The Morgan fingerprint density at radius 3 is 2.76 bits per heavy atom. The van der Waals surface area contributed by atoms with Crippen LogP contribution in [0.1, 0.15) is 60.3 Å². The van der Waals surface area contributed by atoms with Gasteiger partial charge < -0.3 is 14.3 Å². The van der Waals surface area contributed by atoms with Gasteiger partial charge in [0.15, 0.2) is 0 Å². The number of sulfonamides is 1. The number of nitrogens with zero attached hydrogens (tertiary/aromatic N) is 3. The molecule has 1 saturated carbocycles. The Labute approximate surface area is 202 Å². The van der Waals surface area contributed by atoms with Gasteiger partial charge in [-0.1, -0.05) is 11.6 Å². The Morgan fingerprint density at radius 2 is 2.06 bits per heavy atom. The molecule has 3 aromatic rings. The minimum Gasteiger partial charge on any atom is -0.465 e. The highest BCUT2D eigenvalue weighted by Crippen LogP contribution is 2.38. The summed E-state index contributed by atoms with van der Waals surface area (Å²) in [5, 5.41) is 6.95. The summed E-state index contributed by atoms with van der Waals surface area (Å²) in [7, 11) is -3.75. The summed E-state index contributed by atoms with van der Waals surface area (Å²) < 4.78 is 39.3. The molecule has 1 unspecified atom stereocenters. The van der Waals surface area contributed by atoms with E-state index in [0.29, 0.717) is 52.5 Å². The van der Waals surface area contributed by atoms with E-state index in [1.165, 1.54) is 22.1 Å². The summed E-state index contributed by atoms with van der Waals surface area (Å²) in [6.45, 7) is 4.47. The molecule has 2 fully saturated rings. The molecule has 0 aromatic carbocycles. The first-order valence-corrected chi connectivity index (χ1v) is 13.8. The minimum absolute atomic E-state index is 0.157. The number of carbonyl (C=O) groups excluding carboxylic acids is 1. The number of aryl methyl sites for hydroxylation is 2. The van der Waals surface area contributed by atoms with Gasteiger partial charge in [-0.2, -0.15) is 9.29 Å². The van der Waals surface area contributed by atoms with Crippen LogP contribution in [-0.4, -0.2) is 41.9 Å². The van der Waals surface area contributed by atoms with Crippen LogP contribution in [0.5, 0.6) is 0 Å². The Balaban J connectivity index is 1.28. The molecule has 4 heterocycles. The third-order valence-electron chi connectivity index (χ3n) is 6.59. The fraction of sp³-hybridized carbons (Fsp3) is 0.522. The second kappa shape index (κ2) is 9.27. The van der Waals surface area contributed by atoms with Crippen molar-refractivity contribution in [3.63, 3.8) is 0 Å². The molecule has 1 saturated heterocycles. The van der Waals surface area contributed by atoms with Crippen molar-refractivity contribution in [1.29, 1.82) is 0 Å². The number of carbonyl (C=O) groups is 1. The summed E-state index contributed by atoms with van der Waals surface area (Å²) in [6.07, 6.45) is 4.55. The number of furan rings is 1. The first kappa shape index (κ1) is 23.3. The van der Waals surface area contributed by atoms with Crippen LogP contribution < -0.4 is 5.32 Å². The zero-order valence-electron chi connectivity index (χ0n) is 19.2. The van der Waals surface area contributed by atoms with Crippen molar-refractivity contribution in [1.82, 2.24) is 19.8 Å². The molecular formula is C23H28N4O5S2. The quantitative estimate of drug-likeness (QED) is 0.517. The first-order valence-electron chi connectivity index (χ1n) is 11.6. The van der Waals surface area contributed by atoms with Gasteiger partial charge >= 0.3 is 0 Å². The zero-order chi connectivity index (χ0) is 23.9. The largest absolute Gasteiger partial charge is 0.465 e. The Bertz CT molecular complexity index is 1290. The first-order chi connectivity index (χ1) is 16.3. The molecule has 0 radical (unpaired) electrons. The highest BCUT2D eigenvalue weighted by molar-refractivity contribution is 7.89. The third-order valence-corrected chi connectivity index (χ3v) is 9.76. The molecule has 1 N–H and O–H groups in total. The predicted molar refractivity (Wildman–Crippen MR) is 126 cm³/mol. The summed E-state index contributed by atoms with van der Waals surface area (Å²) in [5.41, 5.74) is 0. The van der Waals surface area contributed by atoms with Crippen molar-refractivity contribution in [3.05, 3.63) is 40.5 Å². The van der Waals surface area contributed by atoms with Gasteiger partial charge in [-0.3, -0.25) is 4.79 Å². The number of nitrogens with one attached hydrogen (secondary N) is 1. The Morgan fingerprint density at radius 1 is 1.24 bits per heavy atom. The monoisotopic (exact) mass is 504 g/mol. The lowest BCUT2D eigenvalue weighted by molar-refractivity contribution is -0.126. The molecule has 1 aliphatic heterocycles. The SMILES string of the molecule is Cc1ccc(CNC(=O)C2CCCN(S(=O)(=O)c3cc(-c4noc(C5CCC5)n4)sc3C)C2)o1. The van der Waals surface area contributed by atoms with E-state index >= 15 is 0 Å². The summed E-state index contributed by atoms with van der Waals surface area (Å²) >= 11 is 1.34. The molecule has 9 nitrogen and oxygen atoms in total. The molecule has 2 aliphatic rings. The van der Waals surface area contributed by atoms with Gasteiger partial charge in [0.05, 0.1) is 22.2 Å². The molecule has 5 rings (SSSR count). The van der Waals surface area contributed by atoms with E-state index in [2.05, 4.69) is 15.5 Å². The number of piperidine rings is 1. The zero-order valence-corrected chi connectivity index (χ0v) is 20.9. The van der Waals surface area contributed by atoms with Gasteiger partial charge in [-0.25, -0.2) is 8.42 Å². The van der Waals surface area contributed by atoms with Crippen LogP contribution >= 0.6 is 11.3 Å². The van der Waals surface area contributed by atoms with Crippen molar-refractivity contribution in [2.24, 2.45) is 5.92 Å². The predicted octanol–water partition coefficient (Wildman–Crippen LogP) is 3.99. The molecule has 3 aromatic heterocycles. The van der Waals surface area contributed by atoms with E-state index < -0.39 is 15.9 Å². The minimum atomic E-state index is -3.75. The standard InChI is InChI=1S/C23H28N4O5S2/c1-14-8-9-18(31-14)12-24-22(28)17-7-4-10-27(13-17)34(29,30)20-11-19(33-15(20)2)21-25-23(32-26-21)16-5-3-6-16/h8-9,11,16-17H,3-7,10,12-13H2,1-2H3,(H,24,28). The second-order valence-corrected chi connectivity index (χ2v) is 12.2. The van der Waals surface area contributed by atoms with E-state index in [-0.39, 0.29) is 23.9 Å². The lowest BCUT2D eigenvalue weighted by Gasteiger charge is -2.31. The number of thiophene rings is 1. The van der Waals surface area contributed by atoms with Gasteiger partial charge in [0.1, 0.15) is 11.5 Å². The second-order valence-electron chi connectivity index (χ2n) is 9.05. The van der Waals surface area contributed by atoms with Crippen molar-refractivity contribution >= 4 is 27.3 Å². The van der Waals surface area contributed by atoms with E-state index in [0.717, 1.165) is 18.6 Å². The van der Waals surface area contributed by atoms with Crippen LogP contribution in [0.4, 0.5) is 0 Å². The summed E-state index contributed by atoms with van der Waals surface area (Å²) in [4.78, 5) is 18.8. The van der Waals surface area contributed by atoms with E-state index in [1.807, 2.05) is 19.1 Å². The maximum absolute atomic E-state index is 13.5. The van der Waals surface area contributed by atoms with Crippen molar-refractivity contribution in [2.45, 2.75) is 63.3 Å². The molecular weight excluding hydrogens is 476 g/mol. The molecule has 0 spiro atoms.